The fraction of sp³-hybridized carbons (Fsp3) is 0.111. The Morgan fingerprint density at radius 2 is 2.36 bits per heavy atom. The Labute approximate surface area is 80.5 Å². The van der Waals surface area contributed by atoms with E-state index in [0.717, 1.165) is 11.0 Å². The Morgan fingerprint density at radius 3 is 3.14 bits per heavy atom. The number of anilines is 1. The van der Waals surface area contributed by atoms with Crippen LogP contribution in [0.4, 0.5) is 5.95 Å². The van der Waals surface area contributed by atoms with Crippen LogP contribution in [0.1, 0.15) is 0 Å². The topological polar surface area (TPSA) is 73.3 Å². The van der Waals surface area contributed by atoms with E-state index in [1.54, 1.807) is 0 Å². The molecule has 0 spiro atoms. The molecular formula is C9H10N4O. The number of fused-ring (bicyclic) bond motifs is 1. The molecule has 5 heteroatoms. The molecule has 0 saturated heterocycles. The molecule has 0 unspecified atom stereocenters. The molecule has 0 aliphatic rings. The van der Waals surface area contributed by atoms with Crippen molar-refractivity contribution >= 4 is 23.2 Å². The van der Waals surface area contributed by atoms with E-state index in [9.17, 15) is 0 Å². The Morgan fingerprint density at radius 1 is 1.50 bits per heavy atom. The van der Waals surface area contributed by atoms with Gasteiger partial charge in [0.15, 0.2) is 0 Å². The number of nitrogens with one attached hydrogen (secondary N) is 2. The average Bonchev–Trinajstić information content (AvgIpc) is 2.60. The summed E-state index contributed by atoms with van der Waals surface area (Å²) in [5, 5.41) is 12.2. The molecule has 0 aliphatic carbocycles. The van der Waals surface area contributed by atoms with Gasteiger partial charge in [-0.15, -0.1) is 0 Å². The molecule has 1 heterocycles. The number of H-pyrrole nitrogens is 1. The van der Waals surface area contributed by atoms with Crippen molar-refractivity contribution in [2.45, 2.75) is 0 Å². The molecule has 0 radical (unpaired) electrons. The van der Waals surface area contributed by atoms with Gasteiger partial charge in [-0.2, -0.15) is 5.10 Å². The first kappa shape index (κ1) is 8.71. The highest BCUT2D eigenvalue weighted by molar-refractivity contribution is 5.77. The summed E-state index contributed by atoms with van der Waals surface area (Å²) in [5.41, 5.74) is 4.51. The van der Waals surface area contributed by atoms with Gasteiger partial charge in [0.2, 0.25) is 5.95 Å². The van der Waals surface area contributed by atoms with Crippen molar-refractivity contribution in [3.05, 3.63) is 24.3 Å². The second kappa shape index (κ2) is 3.89. The highest BCUT2D eigenvalue weighted by atomic mass is 16.3. The lowest BCUT2D eigenvalue weighted by molar-refractivity contribution is 0.361. The van der Waals surface area contributed by atoms with Gasteiger partial charge in [0.1, 0.15) is 0 Å². The van der Waals surface area contributed by atoms with Gasteiger partial charge < -0.3 is 10.1 Å². The van der Waals surface area contributed by atoms with Crippen molar-refractivity contribution in [1.29, 1.82) is 0 Å². The fourth-order valence-electron chi connectivity index (χ4n) is 1.15. The highest BCUT2D eigenvalue weighted by Crippen LogP contribution is 2.12. The summed E-state index contributed by atoms with van der Waals surface area (Å²) in [5.74, 6) is 0.566. The van der Waals surface area contributed by atoms with Crippen molar-refractivity contribution in [3.8, 4) is 0 Å². The Bertz CT molecular complexity index is 416. The van der Waals surface area contributed by atoms with Gasteiger partial charge in [-0.3, -0.25) is 0 Å². The minimum absolute atomic E-state index is 0.0901. The van der Waals surface area contributed by atoms with Crippen LogP contribution in [-0.4, -0.2) is 27.9 Å². The van der Waals surface area contributed by atoms with Crippen LogP contribution < -0.4 is 5.43 Å². The van der Waals surface area contributed by atoms with Crippen LogP contribution in [0.15, 0.2) is 29.4 Å². The van der Waals surface area contributed by atoms with Gasteiger partial charge >= 0.3 is 0 Å². The van der Waals surface area contributed by atoms with Crippen LogP contribution in [0.2, 0.25) is 0 Å². The number of benzene rings is 1. The first-order valence-corrected chi connectivity index (χ1v) is 4.23. The maximum Gasteiger partial charge on any atom is 0.222 e. The predicted molar refractivity (Wildman–Crippen MR) is 55.3 cm³/mol. The Balaban J connectivity index is 2.23. The lowest BCUT2D eigenvalue weighted by Crippen LogP contribution is -1.92. The summed E-state index contributed by atoms with van der Waals surface area (Å²) < 4.78 is 0. The monoisotopic (exact) mass is 190 g/mol. The maximum absolute atomic E-state index is 8.46. The van der Waals surface area contributed by atoms with E-state index in [2.05, 4.69) is 20.5 Å². The molecule has 0 atom stereocenters. The van der Waals surface area contributed by atoms with E-state index in [1.165, 1.54) is 6.21 Å². The summed E-state index contributed by atoms with van der Waals surface area (Å²) in [6.45, 7) is -0.0901. The van der Waals surface area contributed by atoms with Crippen LogP contribution in [-0.2, 0) is 0 Å². The molecule has 2 rings (SSSR count). The number of aliphatic hydroxyl groups is 1. The standard InChI is InChI=1S/C9H10N4O/c14-6-5-10-13-9-11-7-3-1-2-4-8(7)12-9/h1-5,14H,6H2,(H2,11,12,13)/b10-5+. The highest BCUT2D eigenvalue weighted by Gasteiger charge is 1.98. The third kappa shape index (κ3) is 1.72. The second-order valence-electron chi connectivity index (χ2n) is 2.71. The van der Waals surface area contributed by atoms with Crippen LogP contribution >= 0.6 is 0 Å². The van der Waals surface area contributed by atoms with E-state index in [4.69, 9.17) is 5.11 Å². The number of hydrazone groups is 1. The van der Waals surface area contributed by atoms with Gasteiger partial charge in [0, 0.05) is 0 Å². The lowest BCUT2D eigenvalue weighted by atomic mass is 10.3. The van der Waals surface area contributed by atoms with E-state index in [-0.39, 0.29) is 6.61 Å². The van der Waals surface area contributed by atoms with Gasteiger partial charge in [0.05, 0.1) is 23.9 Å². The van der Waals surface area contributed by atoms with Gasteiger partial charge in [-0.25, -0.2) is 10.4 Å². The number of imidazole rings is 1. The minimum atomic E-state index is -0.0901. The molecular weight excluding hydrogens is 180 g/mol. The molecule has 1 aromatic carbocycles. The Kier molecular flexibility index (Phi) is 2.42. The zero-order valence-electron chi connectivity index (χ0n) is 7.44. The molecule has 1 aromatic heterocycles. The number of aromatic nitrogens is 2. The number of aromatic amines is 1. The van der Waals surface area contributed by atoms with Crippen molar-refractivity contribution in [1.82, 2.24) is 9.97 Å². The quantitative estimate of drug-likeness (QED) is 0.498. The first-order chi connectivity index (χ1) is 6.90. The zero-order chi connectivity index (χ0) is 9.80. The van der Waals surface area contributed by atoms with Crippen LogP contribution in [0.25, 0.3) is 11.0 Å². The number of rotatable bonds is 3. The van der Waals surface area contributed by atoms with Crippen LogP contribution in [0.3, 0.4) is 0 Å². The van der Waals surface area contributed by atoms with Gasteiger partial charge in [0.25, 0.3) is 0 Å². The normalized spacial score (nSPS) is 11.2. The smallest absolute Gasteiger partial charge is 0.222 e. The Hall–Kier alpha value is -1.88. The van der Waals surface area contributed by atoms with Gasteiger partial charge in [-0.05, 0) is 12.1 Å². The molecule has 2 aromatic rings. The van der Waals surface area contributed by atoms with Crippen molar-refractivity contribution in [2.75, 3.05) is 12.0 Å². The third-order valence-electron chi connectivity index (χ3n) is 1.73. The molecule has 72 valence electrons. The van der Waals surface area contributed by atoms with Gasteiger partial charge in [-0.1, -0.05) is 12.1 Å². The fourth-order valence-corrected chi connectivity index (χ4v) is 1.15. The molecule has 0 amide bonds. The van der Waals surface area contributed by atoms with Crippen molar-refractivity contribution in [3.63, 3.8) is 0 Å². The maximum atomic E-state index is 8.46. The zero-order valence-corrected chi connectivity index (χ0v) is 7.44. The van der Waals surface area contributed by atoms with E-state index >= 15 is 0 Å². The summed E-state index contributed by atoms with van der Waals surface area (Å²) in [6, 6.07) is 7.70. The predicted octanol–water partition coefficient (Wildman–Crippen LogP) is 0.953. The third-order valence-corrected chi connectivity index (χ3v) is 1.73. The summed E-state index contributed by atoms with van der Waals surface area (Å²) >= 11 is 0. The molecule has 14 heavy (non-hydrogen) atoms. The summed E-state index contributed by atoms with van der Waals surface area (Å²) in [6.07, 6.45) is 1.35. The number of hydrogen-bond acceptors (Lipinski definition) is 4. The minimum Gasteiger partial charge on any atom is -0.391 e. The largest absolute Gasteiger partial charge is 0.391 e. The van der Waals surface area contributed by atoms with Crippen molar-refractivity contribution < 1.29 is 5.11 Å². The van der Waals surface area contributed by atoms with Crippen molar-refractivity contribution in [2.24, 2.45) is 5.10 Å². The van der Waals surface area contributed by atoms with E-state index < -0.39 is 0 Å². The summed E-state index contributed by atoms with van der Waals surface area (Å²) in [7, 11) is 0. The summed E-state index contributed by atoms with van der Waals surface area (Å²) in [4.78, 5) is 7.26. The molecule has 0 bridgehead atoms. The van der Waals surface area contributed by atoms with Crippen LogP contribution in [0, 0.1) is 0 Å². The second-order valence-corrected chi connectivity index (χ2v) is 2.71. The molecule has 3 N–H and O–H groups in total. The van der Waals surface area contributed by atoms with E-state index in [1.807, 2.05) is 24.3 Å². The molecule has 5 nitrogen and oxygen atoms in total. The number of nitrogens with zero attached hydrogens (tertiary/aromatic N) is 2. The van der Waals surface area contributed by atoms with E-state index in [0.29, 0.717) is 5.95 Å². The first-order valence-electron chi connectivity index (χ1n) is 4.23. The lowest BCUT2D eigenvalue weighted by Gasteiger charge is -1.90. The number of hydrogen-bond donors (Lipinski definition) is 3. The molecule has 0 saturated carbocycles. The average molecular weight is 190 g/mol. The number of para-hydroxylation sites is 2. The molecule has 0 fully saturated rings. The molecule has 0 aliphatic heterocycles. The SMILES string of the molecule is OC/C=N/Nc1nc2ccccc2[nH]1. The number of aliphatic hydroxyl groups excluding tert-OH is 1. The van der Waals surface area contributed by atoms with Crippen LogP contribution in [0.5, 0.6) is 0 Å².